The summed E-state index contributed by atoms with van der Waals surface area (Å²) in [4.78, 5) is 3.09. The van der Waals surface area contributed by atoms with Crippen LogP contribution in [0.4, 0.5) is 19.1 Å². The smallest absolute Gasteiger partial charge is 0.368 e. The molecule has 2 N–H and O–H groups in total. The summed E-state index contributed by atoms with van der Waals surface area (Å²) in [5, 5.41) is 2.84. The number of alkyl halides is 3. The van der Waals surface area contributed by atoms with E-state index in [0.717, 1.165) is 6.33 Å². The van der Waals surface area contributed by atoms with Crippen LogP contribution in [0.2, 0.25) is 0 Å². The van der Waals surface area contributed by atoms with Gasteiger partial charge < -0.3 is 5.73 Å². The molecule has 0 fully saturated rings. The van der Waals surface area contributed by atoms with Crippen molar-refractivity contribution in [3.8, 4) is 0 Å². The fourth-order valence-electron chi connectivity index (χ4n) is 0.446. The highest BCUT2D eigenvalue weighted by Gasteiger charge is 2.33. The lowest BCUT2D eigenvalue weighted by Crippen LogP contribution is -2.20. The molecule has 0 aliphatic heterocycles. The van der Waals surface area contributed by atoms with E-state index in [4.69, 9.17) is 5.73 Å². The number of nitrogens with two attached hydrogens (primary N) is 1. The zero-order valence-corrected chi connectivity index (χ0v) is 4.63. The molecule has 0 amide bonds. The second kappa shape index (κ2) is 1.86. The molecular formula is C3H3F3N4. The number of halogens is 3. The van der Waals surface area contributed by atoms with Gasteiger partial charge in [-0.15, -0.1) is 17.9 Å². The zero-order chi connectivity index (χ0) is 7.78. The first-order chi connectivity index (χ1) is 4.52. The van der Waals surface area contributed by atoms with E-state index in [0.29, 0.717) is 0 Å². The number of anilines is 1. The van der Waals surface area contributed by atoms with Gasteiger partial charge in [-0.05, 0) is 0 Å². The molecule has 10 heavy (non-hydrogen) atoms. The molecule has 56 valence electrons. The van der Waals surface area contributed by atoms with E-state index >= 15 is 0 Å². The second-order valence-electron chi connectivity index (χ2n) is 1.50. The maximum Gasteiger partial charge on any atom is 0.507 e. The number of hydrogen-bond acceptors (Lipinski definition) is 3. The molecular weight excluding hydrogens is 149 g/mol. The molecule has 0 aliphatic rings. The maximum atomic E-state index is 11.7. The molecule has 7 heteroatoms. The molecule has 1 heterocycles. The lowest BCUT2D eigenvalue weighted by atomic mass is 11.0. The minimum Gasteiger partial charge on any atom is -0.368 e. The number of nitrogen functional groups attached to an aromatic ring is 1. The van der Waals surface area contributed by atoms with Crippen LogP contribution in [0.25, 0.3) is 0 Å². The molecule has 0 bridgehead atoms. The predicted octanol–water partition coefficient (Wildman–Crippen LogP) is 0.337. The molecule has 0 radical (unpaired) electrons. The Morgan fingerprint density at radius 1 is 1.50 bits per heavy atom. The first-order valence-corrected chi connectivity index (χ1v) is 2.24. The third-order valence-electron chi connectivity index (χ3n) is 0.814. The maximum absolute atomic E-state index is 11.7. The average Bonchev–Trinajstić information content (AvgIpc) is 2.11. The van der Waals surface area contributed by atoms with Crippen molar-refractivity contribution in [1.82, 2.24) is 14.8 Å². The summed E-state index contributed by atoms with van der Waals surface area (Å²) in [7, 11) is 0. The van der Waals surface area contributed by atoms with Crippen molar-refractivity contribution in [3.05, 3.63) is 6.33 Å². The molecule has 1 aromatic heterocycles. The zero-order valence-electron chi connectivity index (χ0n) is 4.63. The van der Waals surface area contributed by atoms with Gasteiger partial charge in [-0.3, -0.25) is 0 Å². The van der Waals surface area contributed by atoms with Crippen LogP contribution in [0, 0.1) is 0 Å². The Balaban J connectivity index is 3.05. The van der Waals surface area contributed by atoms with Gasteiger partial charge in [0, 0.05) is 0 Å². The van der Waals surface area contributed by atoms with Crippen LogP contribution in [0.15, 0.2) is 6.33 Å². The normalized spacial score (nSPS) is 11.9. The van der Waals surface area contributed by atoms with E-state index in [1.165, 1.54) is 0 Å². The molecule has 1 aromatic rings. The highest BCUT2D eigenvalue weighted by atomic mass is 19.4. The summed E-state index contributed by atoms with van der Waals surface area (Å²) in [6.07, 6.45) is -3.83. The Morgan fingerprint density at radius 3 is 2.30 bits per heavy atom. The van der Waals surface area contributed by atoms with Crippen molar-refractivity contribution >= 4 is 5.95 Å². The molecule has 0 spiro atoms. The molecule has 0 unspecified atom stereocenters. The van der Waals surface area contributed by atoms with Gasteiger partial charge in [-0.2, -0.15) is 10.1 Å². The van der Waals surface area contributed by atoms with Gasteiger partial charge in [0.25, 0.3) is 0 Å². The third-order valence-corrected chi connectivity index (χ3v) is 0.814. The lowest BCUT2D eigenvalue weighted by molar-refractivity contribution is -0.210. The summed E-state index contributed by atoms with van der Waals surface area (Å²) in [6, 6.07) is 0. The summed E-state index contributed by atoms with van der Waals surface area (Å²) in [5.41, 5.74) is 4.80. The van der Waals surface area contributed by atoms with Crippen LogP contribution < -0.4 is 5.73 Å². The fourth-order valence-corrected chi connectivity index (χ4v) is 0.446. The Kier molecular flexibility index (Phi) is 1.27. The van der Waals surface area contributed by atoms with Crippen LogP contribution in [0.1, 0.15) is 0 Å². The van der Waals surface area contributed by atoms with Crippen molar-refractivity contribution in [3.63, 3.8) is 0 Å². The van der Waals surface area contributed by atoms with Crippen LogP contribution >= 0.6 is 0 Å². The number of nitrogens with zero attached hydrogens (tertiary/aromatic N) is 3. The second-order valence-corrected chi connectivity index (χ2v) is 1.50. The SMILES string of the molecule is Nc1ncnn1C(F)(F)F. The molecule has 4 nitrogen and oxygen atoms in total. The average molecular weight is 152 g/mol. The third kappa shape index (κ3) is 1.02. The van der Waals surface area contributed by atoms with Gasteiger partial charge in [0.2, 0.25) is 5.95 Å². The van der Waals surface area contributed by atoms with E-state index in [1.54, 1.807) is 0 Å². The number of hydrogen-bond donors (Lipinski definition) is 1. The quantitative estimate of drug-likeness (QED) is 0.583. The van der Waals surface area contributed by atoms with Gasteiger partial charge in [0.05, 0.1) is 0 Å². The van der Waals surface area contributed by atoms with Crippen molar-refractivity contribution in [1.29, 1.82) is 0 Å². The van der Waals surface area contributed by atoms with E-state index in [2.05, 4.69) is 10.1 Å². The number of rotatable bonds is 0. The molecule has 0 aromatic carbocycles. The Hall–Kier alpha value is -1.27. The largest absolute Gasteiger partial charge is 0.507 e. The molecule has 0 atom stereocenters. The Morgan fingerprint density at radius 2 is 2.10 bits per heavy atom. The van der Waals surface area contributed by atoms with E-state index in [1.807, 2.05) is 0 Å². The minimum atomic E-state index is -4.57. The molecule has 0 aliphatic carbocycles. The first kappa shape index (κ1) is 6.84. The van der Waals surface area contributed by atoms with Crippen LogP contribution in [-0.4, -0.2) is 14.8 Å². The van der Waals surface area contributed by atoms with Crippen molar-refractivity contribution < 1.29 is 13.2 Å². The topological polar surface area (TPSA) is 56.7 Å². The summed E-state index contributed by atoms with van der Waals surface area (Å²) >= 11 is 0. The van der Waals surface area contributed by atoms with Crippen molar-refractivity contribution in [2.75, 3.05) is 5.73 Å². The van der Waals surface area contributed by atoms with Gasteiger partial charge in [-0.1, -0.05) is 0 Å². The van der Waals surface area contributed by atoms with Gasteiger partial charge in [-0.25, -0.2) is 0 Å². The summed E-state index contributed by atoms with van der Waals surface area (Å²) in [5.74, 6) is -0.660. The summed E-state index contributed by atoms with van der Waals surface area (Å²) < 4.78 is 34.7. The minimum absolute atomic E-state index is 0.312. The fraction of sp³-hybridized carbons (Fsp3) is 0.333. The standard InChI is InChI=1S/C3H3F3N4/c4-3(5,6)10-2(7)8-1-9-10/h1H,(H2,7,8,9). The van der Waals surface area contributed by atoms with Crippen molar-refractivity contribution in [2.45, 2.75) is 6.30 Å². The number of aromatic nitrogens is 3. The predicted molar refractivity (Wildman–Crippen MR) is 25.7 cm³/mol. The molecule has 0 saturated carbocycles. The highest BCUT2D eigenvalue weighted by Crippen LogP contribution is 2.22. The van der Waals surface area contributed by atoms with Gasteiger partial charge in [0.15, 0.2) is 0 Å². The van der Waals surface area contributed by atoms with E-state index in [-0.39, 0.29) is 4.68 Å². The Bertz CT molecular complexity index is 226. The monoisotopic (exact) mass is 152 g/mol. The first-order valence-electron chi connectivity index (χ1n) is 2.24. The highest BCUT2D eigenvalue weighted by molar-refractivity contribution is 5.12. The molecule has 1 rings (SSSR count). The van der Waals surface area contributed by atoms with Crippen LogP contribution in [-0.2, 0) is 6.30 Å². The van der Waals surface area contributed by atoms with Gasteiger partial charge in [0.1, 0.15) is 6.33 Å². The Labute approximate surface area is 53.5 Å². The van der Waals surface area contributed by atoms with E-state index in [9.17, 15) is 13.2 Å². The van der Waals surface area contributed by atoms with Crippen LogP contribution in [0.3, 0.4) is 0 Å². The van der Waals surface area contributed by atoms with Gasteiger partial charge >= 0.3 is 6.30 Å². The van der Waals surface area contributed by atoms with E-state index < -0.39 is 12.2 Å². The van der Waals surface area contributed by atoms with Crippen molar-refractivity contribution in [2.24, 2.45) is 0 Å². The van der Waals surface area contributed by atoms with Crippen LogP contribution in [0.5, 0.6) is 0 Å². The summed E-state index contributed by atoms with van der Waals surface area (Å²) in [6.45, 7) is 0. The lowest BCUT2D eigenvalue weighted by Gasteiger charge is -2.04. The molecule has 0 saturated heterocycles.